The fourth-order valence-corrected chi connectivity index (χ4v) is 3.19. The van der Waals surface area contributed by atoms with Gasteiger partial charge in [0.15, 0.2) is 0 Å². The first kappa shape index (κ1) is 10.8. The summed E-state index contributed by atoms with van der Waals surface area (Å²) in [5, 5.41) is 10.5. The molecule has 1 nitrogen and oxygen atoms in total. The van der Waals surface area contributed by atoms with Crippen LogP contribution < -0.4 is 4.46 Å². The molecule has 0 fully saturated rings. The summed E-state index contributed by atoms with van der Waals surface area (Å²) in [7, 11) is 0. The van der Waals surface area contributed by atoms with Crippen molar-refractivity contribution in [2.45, 2.75) is 25.3 Å². The molecule has 0 amide bonds. The standard InChI is InChI=1S/C11H16OSe/c1-9(2)11(12)8-13-10-6-4-3-5-7-10/h3-7,9,11-12H,8H2,1-2H3. The van der Waals surface area contributed by atoms with Gasteiger partial charge in [-0.25, -0.2) is 0 Å². The van der Waals surface area contributed by atoms with Crippen LogP contribution in [0.1, 0.15) is 13.8 Å². The van der Waals surface area contributed by atoms with Crippen LogP contribution in [0.4, 0.5) is 0 Å². The minimum absolute atomic E-state index is 0.139. The van der Waals surface area contributed by atoms with Gasteiger partial charge in [-0.1, -0.05) is 0 Å². The molecule has 0 saturated heterocycles. The van der Waals surface area contributed by atoms with Gasteiger partial charge in [-0.05, 0) is 0 Å². The summed E-state index contributed by atoms with van der Waals surface area (Å²) in [5.74, 6) is 0.380. The summed E-state index contributed by atoms with van der Waals surface area (Å²) in [6.45, 7) is 4.12. The zero-order valence-corrected chi connectivity index (χ0v) is 9.82. The van der Waals surface area contributed by atoms with Crippen molar-refractivity contribution in [2.75, 3.05) is 0 Å². The van der Waals surface area contributed by atoms with Gasteiger partial charge in [-0.3, -0.25) is 0 Å². The van der Waals surface area contributed by atoms with E-state index in [1.54, 1.807) is 0 Å². The van der Waals surface area contributed by atoms with E-state index >= 15 is 0 Å². The normalized spacial score (nSPS) is 13.2. The third kappa shape index (κ3) is 3.95. The molecule has 1 unspecified atom stereocenters. The molecule has 13 heavy (non-hydrogen) atoms. The van der Waals surface area contributed by atoms with Gasteiger partial charge in [0, 0.05) is 0 Å². The van der Waals surface area contributed by atoms with Crippen LogP contribution in [0.2, 0.25) is 5.32 Å². The SMILES string of the molecule is CC(C)C(O)C[Se]c1ccccc1. The van der Waals surface area contributed by atoms with Gasteiger partial charge < -0.3 is 0 Å². The van der Waals surface area contributed by atoms with Crippen molar-refractivity contribution >= 4 is 19.4 Å². The van der Waals surface area contributed by atoms with Gasteiger partial charge in [0.1, 0.15) is 0 Å². The Morgan fingerprint density at radius 2 is 1.85 bits per heavy atom. The zero-order chi connectivity index (χ0) is 9.68. The molecule has 1 aromatic rings. The quantitative estimate of drug-likeness (QED) is 0.794. The fourth-order valence-electron chi connectivity index (χ4n) is 0.891. The van der Waals surface area contributed by atoms with Crippen molar-refractivity contribution in [2.24, 2.45) is 5.92 Å². The summed E-state index contributed by atoms with van der Waals surface area (Å²) < 4.78 is 1.37. The Kier molecular flexibility index (Phi) is 4.51. The average Bonchev–Trinajstić information content (AvgIpc) is 2.15. The van der Waals surface area contributed by atoms with E-state index in [2.05, 4.69) is 38.1 Å². The van der Waals surface area contributed by atoms with Crippen molar-refractivity contribution < 1.29 is 5.11 Å². The summed E-state index contributed by atoms with van der Waals surface area (Å²) in [4.78, 5) is 0. The first-order valence-electron chi connectivity index (χ1n) is 4.56. The molecule has 1 N–H and O–H groups in total. The Morgan fingerprint density at radius 3 is 2.38 bits per heavy atom. The molecule has 0 radical (unpaired) electrons. The first-order valence-corrected chi connectivity index (χ1v) is 6.63. The third-order valence-corrected chi connectivity index (χ3v) is 4.27. The summed E-state index contributed by atoms with van der Waals surface area (Å²) >= 11 is 0.422. The minimum atomic E-state index is -0.139. The maximum absolute atomic E-state index is 9.60. The van der Waals surface area contributed by atoms with Crippen LogP contribution in [0, 0.1) is 5.92 Å². The molecule has 0 aromatic heterocycles. The predicted octanol–water partition coefficient (Wildman–Crippen LogP) is 1.45. The van der Waals surface area contributed by atoms with Crippen molar-refractivity contribution in [1.82, 2.24) is 0 Å². The van der Waals surface area contributed by atoms with Crippen LogP contribution >= 0.6 is 0 Å². The Balaban J connectivity index is 2.35. The van der Waals surface area contributed by atoms with Gasteiger partial charge >= 0.3 is 86.0 Å². The van der Waals surface area contributed by atoms with Gasteiger partial charge in [-0.2, -0.15) is 0 Å². The number of rotatable bonds is 4. The molecule has 72 valence electrons. The van der Waals surface area contributed by atoms with Crippen molar-refractivity contribution in [3.05, 3.63) is 30.3 Å². The molecule has 2 heteroatoms. The van der Waals surface area contributed by atoms with Crippen molar-refractivity contribution in [3.8, 4) is 0 Å². The van der Waals surface area contributed by atoms with Crippen LogP contribution in [0.25, 0.3) is 0 Å². The van der Waals surface area contributed by atoms with E-state index in [0.29, 0.717) is 20.9 Å². The zero-order valence-electron chi connectivity index (χ0n) is 8.10. The molecule has 0 bridgehead atoms. The Hall–Kier alpha value is -0.301. The molecule has 1 aromatic carbocycles. The third-order valence-electron chi connectivity index (χ3n) is 1.93. The summed E-state index contributed by atoms with van der Waals surface area (Å²) in [6.07, 6.45) is -0.139. The Labute approximate surface area is 86.3 Å². The summed E-state index contributed by atoms with van der Waals surface area (Å²) in [5.41, 5.74) is 0. The van der Waals surface area contributed by atoms with E-state index in [9.17, 15) is 5.11 Å². The molecule has 0 aliphatic heterocycles. The van der Waals surface area contributed by atoms with Gasteiger partial charge in [0.05, 0.1) is 0 Å². The van der Waals surface area contributed by atoms with Gasteiger partial charge in [-0.15, -0.1) is 0 Å². The topological polar surface area (TPSA) is 20.2 Å². The number of hydrogen-bond donors (Lipinski definition) is 1. The second-order valence-electron chi connectivity index (χ2n) is 3.44. The molecule has 0 spiro atoms. The van der Waals surface area contributed by atoms with Crippen LogP contribution in [-0.2, 0) is 0 Å². The van der Waals surface area contributed by atoms with Gasteiger partial charge in [0.2, 0.25) is 0 Å². The fraction of sp³-hybridized carbons (Fsp3) is 0.455. The van der Waals surface area contributed by atoms with Crippen LogP contribution in [0.5, 0.6) is 0 Å². The molecule has 0 saturated carbocycles. The van der Waals surface area contributed by atoms with Crippen LogP contribution in [-0.4, -0.2) is 26.2 Å². The maximum atomic E-state index is 9.60. The van der Waals surface area contributed by atoms with E-state index in [-0.39, 0.29) is 6.10 Å². The molecule has 1 atom stereocenters. The summed E-state index contributed by atoms with van der Waals surface area (Å²) in [6, 6.07) is 10.4. The molecular formula is C11H16OSe. The molecule has 0 heterocycles. The number of aliphatic hydroxyl groups is 1. The van der Waals surface area contributed by atoms with Crippen LogP contribution in [0.3, 0.4) is 0 Å². The predicted molar refractivity (Wildman–Crippen MR) is 57.5 cm³/mol. The first-order chi connectivity index (χ1) is 6.20. The second kappa shape index (κ2) is 5.43. The second-order valence-corrected chi connectivity index (χ2v) is 5.73. The van der Waals surface area contributed by atoms with E-state index in [4.69, 9.17) is 0 Å². The molecule has 0 aliphatic carbocycles. The van der Waals surface area contributed by atoms with Crippen LogP contribution in [0.15, 0.2) is 30.3 Å². The van der Waals surface area contributed by atoms with E-state index in [0.717, 1.165) is 5.32 Å². The molecule has 0 aliphatic rings. The van der Waals surface area contributed by atoms with E-state index in [1.165, 1.54) is 4.46 Å². The molecule has 1 rings (SSSR count). The number of aliphatic hydroxyl groups excluding tert-OH is 1. The monoisotopic (exact) mass is 244 g/mol. The molecular weight excluding hydrogens is 227 g/mol. The Morgan fingerprint density at radius 1 is 1.23 bits per heavy atom. The van der Waals surface area contributed by atoms with Crippen molar-refractivity contribution in [3.63, 3.8) is 0 Å². The van der Waals surface area contributed by atoms with E-state index in [1.807, 2.05) is 6.07 Å². The van der Waals surface area contributed by atoms with Crippen molar-refractivity contribution in [1.29, 1.82) is 0 Å². The van der Waals surface area contributed by atoms with E-state index < -0.39 is 0 Å². The number of hydrogen-bond acceptors (Lipinski definition) is 1. The number of benzene rings is 1. The average molecular weight is 243 g/mol. The van der Waals surface area contributed by atoms with Gasteiger partial charge in [0.25, 0.3) is 0 Å². The Bertz CT molecular complexity index is 233.